The molecule has 2 aromatic carbocycles. The molecule has 0 fully saturated rings. The topological polar surface area (TPSA) is 56.1 Å². The highest BCUT2D eigenvalue weighted by atomic mass is 32.2. The fraction of sp³-hybridized carbons (Fsp3) is 0.200. The lowest BCUT2D eigenvalue weighted by Gasteiger charge is -2.20. The Morgan fingerprint density at radius 1 is 1.03 bits per heavy atom. The molecule has 0 N–H and O–H groups in total. The van der Waals surface area contributed by atoms with Gasteiger partial charge in [-0.05, 0) is 42.5 Å². The molecule has 4 rings (SSSR count). The molecule has 6 nitrogen and oxygen atoms in total. The lowest BCUT2D eigenvalue weighted by atomic mass is 10.1. The quantitative estimate of drug-likeness (QED) is 0.359. The maximum atomic E-state index is 12.9. The van der Waals surface area contributed by atoms with E-state index in [0.29, 0.717) is 23.6 Å². The number of imidazole rings is 1. The number of benzene rings is 2. The van der Waals surface area contributed by atoms with Crippen molar-refractivity contribution in [2.24, 2.45) is 0 Å². The number of fused-ring (bicyclic) bond motifs is 1. The van der Waals surface area contributed by atoms with E-state index in [-0.39, 0.29) is 5.91 Å². The first-order valence-corrected chi connectivity index (χ1v) is 11.2. The van der Waals surface area contributed by atoms with Crippen LogP contribution in [0.1, 0.15) is 21.6 Å². The van der Waals surface area contributed by atoms with Crippen molar-refractivity contribution in [1.82, 2.24) is 14.3 Å². The minimum Gasteiger partial charge on any atom is -0.493 e. The number of pyridine rings is 1. The number of carbonyl (C=O) groups is 1. The summed E-state index contributed by atoms with van der Waals surface area (Å²) in [6.07, 6.45) is 4.04. The van der Waals surface area contributed by atoms with E-state index in [2.05, 4.69) is 4.98 Å². The van der Waals surface area contributed by atoms with E-state index in [1.807, 2.05) is 77.5 Å². The second kappa shape index (κ2) is 9.78. The molecule has 4 aromatic rings. The number of aromatic nitrogens is 2. The number of hydrogen-bond donors (Lipinski definition) is 0. The summed E-state index contributed by atoms with van der Waals surface area (Å²) >= 11 is 1.70. The van der Waals surface area contributed by atoms with Gasteiger partial charge in [0.1, 0.15) is 5.65 Å². The highest BCUT2D eigenvalue weighted by Gasteiger charge is 2.16. The standard InChI is InChI=1S/C25H25N3O3S/c1-27(15-19-7-6-8-22(30-2)24(19)31-3)25(29)18-10-12-21(13-11-18)32-17-20-16-28-14-5-4-9-23(28)26-20/h4-14,16H,15,17H2,1-3H3. The Hall–Kier alpha value is -3.45. The SMILES string of the molecule is COc1cccc(CN(C)C(=O)c2ccc(SCc3cn4ccccc4n3)cc2)c1OC. The van der Waals surface area contributed by atoms with Gasteiger partial charge in [0, 0.05) is 47.8 Å². The van der Waals surface area contributed by atoms with Crippen molar-refractivity contribution < 1.29 is 14.3 Å². The fourth-order valence-corrected chi connectivity index (χ4v) is 4.32. The normalized spacial score (nSPS) is 10.8. The molecule has 0 aliphatic carbocycles. The molecule has 0 aliphatic heterocycles. The Morgan fingerprint density at radius 2 is 1.84 bits per heavy atom. The van der Waals surface area contributed by atoms with E-state index in [0.717, 1.165) is 27.6 Å². The predicted octanol–water partition coefficient (Wildman–Crippen LogP) is 4.92. The second-order valence-electron chi connectivity index (χ2n) is 7.33. The van der Waals surface area contributed by atoms with E-state index in [1.54, 1.807) is 37.9 Å². The number of ether oxygens (including phenoxy) is 2. The summed E-state index contributed by atoms with van der Waals surface area (Å²) in [5.74, 6) is 2.02. The number of thioether (sulfide) groups is 1. The monoisotopic (exact) mass is 447 g/mol. The summed E-state index contributed by atoms with van der Waals surface area (Å²) in [4.78, 5) is 20.3. The van der Waals surface area contributed by atoms with Crippen LogP contribution in [0.4, 0.5) is 0 Å². The molecule has 0 atom stereocenters. The van der Waals surface area contributed by atoms with Gasteiger partial charge in [-0.1, -0.05) is 18.2 Å². The number of amides is 1. The molecule has 0 saturated carbocycles. The van der Waals surface area contributed by atoms with E-state index in [4.69, 9.17) is 9.47 Å². The molecule has 0 saturated heterocycles. The number of nitrogens with zero attached hydrogens (tertiary/aromatic N) is 3. The third-order valence-electron chi connectivity index (χ3n) is 5.14. The third-order valence-corrected chi connectivity index (χ3v) is 6.19. The molecule has 32 heavy (non-hydrogen) atoms. The van der Waals surface area contributed by atoms with Crippen molar-refractivity contribution in [2.45, 2.75) is 17.2 Å². The Bertz CT molecular complexity index is 1190. The molecule has 164 valence electrons. The second-order valence-corrected chi connectivity index (χ2v) is 8.37. The van der Waals surface area contributed by atoms with Gasteiger partial charge < -0.3 is 18.8 Å². The summed E-state index contributed by atoms with van der Waals surface area (Å²) in [7, 11) is 4.99. The molecule has 7 heteroatoms. The van der Waals surface area contributed by atoms with E-state index in [1.165, 1.54) is 0 Å². The summed E-state index contributed by atoms with van der Waals surface area (Å²) < 4.78 is 12.9. The minimum atomic E-state index is -0.0493. The highest BCUT2D eigenvalue weighted by Crippen LogP contribution is 2.31. The van der Waals surface area contributed by atoms with Gasteiger partial charge in [0.05, 0.1) is 19.9 Å². The van der Waals surface area contributed by atoms with Crippen molar-refractivity contribution in [1.29, 1.82) is 0 Å². The molecule has 2 aromatic heterocycles. The smallest absolute Gasteiger partial charge is 0.253 e. The third kappa shape index (κ3) is 4.73. The highest BCUT2D eigenvalue weighted by molar-refractivity contribution is 7.98. The average molecular weight is 448 g/mol. The molecule has 1 amide bonds. The van der Waals surface area contributed by atoms with Crippen LogP contribution in [0.3, 0.4) is 0 Å². The van der Waals surface area contributed by atoms with Crippen molar-refractivity contribution in [3.63, 3.8) is 0 Å². The maximum Gasteiger partial charge on any atom is 0.253 e. The van der Waals surface area contributed by atoms with E-state index >= 15 is 0 Å². The molecule has 0 aliphatic rings. The van der Waals surface area contributed by atoms with Gasteiger partial charge in [0.25, 0.3) is 5.91 Å². The number of hydrogen-bond acceptors (Lipinski definition) is 5. The van der Waals surface area contributed by atoms with Crippen LogP contribution in [0.15, 0.2) is 78.0 Å². The lowest BCUT2D eigenvalue weighted by Crippen LogP contribution is -2.26. The van der Waals surface area contributed by atoms with Gasteiger partial charge in [-0.25, -0.2) is 4.98 Å². The predicted molar refractivity (Wildman–Crippen MR) is 127 cm³/mol. The van der Waals surface area contributed by atoms with Gasteiger partial charge >= 0.3 is 0 Å². The van der Waals surface area contributed by atoms with Gasteiger partial charge in [-0.2, -0.15) is 0 Å². The van der Waals surface area contributed by atoms with Gasteiger partial charge in [0.15, 0.2) is 11.5 Å². The molecule has 0 unspecified atom stereocenters. The van der Waals surface area contributed by atoms with Crippen LogP contribution in [0.2, 0.25) is 0 Å². The Morgan fingerprint density at radius 3 is 2.56 bits per heavy atom. The number of para-hydroxylation sites is 1. The minimum absolute atomic E-state index is 0.0493. The van der Waals surface area contributed by atoms with Crippen LogP contribution in [0.25, 0.3) is 5.65 Å². The Labute approximate surface area is 191 Å². The number of rotatable bonds is 8. The van der Waals surface area contributed by atoms with Gasteiger partial charge in [0.2, 0.25) is 0 Å². The van der Waals surface area contributed by atoms with Gasteiger partial charge in [-0.3, -0.25) is 4.79 Å². The summed E-state index contributed by atoms with van der Waals surface area (Å²) in [6, 6.07) is 19.3. The lowest BCUT2D eigenvalue weighted by molar-refractivity contribution is 0.0784. The zero-order valence-electron chi connectivity index (χ0n) is 18.3. The largest absolute Gasteiger partial charge is 0.493 e. The first kappa shape index (κ1) is 21.8. The van der Waals surface area contributed by atoms with Crippen LogP contribution in [0.5, 0.6) is 11.5 Å². The molecular weight excluding hydrogens is 422 g/mol. The van der Waals surface area contributed by atoms with Crippen LogP contribution >= 0.6 is 11.8 Å². The van der Waals surface area contributed by atoms with Crippen LogP contribution < -0.4 is 9.47 Å². The van der Waals surface area contributed by atoms with Crippen molar-refractivity contribution in [2.75, 3.05) is 21.3 Å². The summed E-state index contributed by atoms with van der Waals surface area (Å²) in [5.41, 5.74) is 3.50. The number of carbonyl (C=O) groups excluding carboxylic acids is 1. The fourth-order valence-electron chi connectivity index (χ4n) is 3.53. The maximum absolute atomic E-state index is 12.9. The first-order valence-electron chi connectivity index (χ1n) is 10.2. The van der Waals surface area contributed by atoms with Crippen molar-refractivity contribution >= 4 is 23.3 Å². The summed E-state index contributed by atoms with van der Waals surface area (Å²) in [6.45, 7) is 0.420. The van der Waals surface area contributed by atoms with E-state index in [9.17, 15) is 4.79 Å². The van der Waals surface area contributed by atoms with Gasteiger partial charge in [-0.15, -0.1) is 11.8 Å². The van der Waals surface area contributed by atoms with Crippen LogP contribution in [-0.4, -0.2) is 41.5 Å². The zero-order chi connectivity index (χ0) is 22.5. The zero-order valence-corrected chi connectivity index (χ0v) is 19.1. The molecule has 0 bridgehead atoms. The Balaban J connectivity index is 1.39. The van der Waals surface area contributed by atoms with E-state index < -0.39 is 0 Å². The van der Waals surface area contributed by atoms with Crippen LogP contribution in [-0.2, 0) is 12.3 Å². The number of methoxy groups -OCH3 is 2. The molecule has 0 spiro atoms. The van der Waals surface area contributed by atoms with Crippen molar-refractivity contribution in [3.05, 3.63) is 89.9 Å². The Kier molecular flexibility index (Phi) is 6.66. The molecule has 0 radical (unpaired) electrons. The summed E-state index contributed by atoms with van der Waals surface area (Å²) in [5, 5.41) is 0. The average Bonchev–Trinajstić information content (AvgIpc) is 3.25. The molecule has 2 heterocycles. The van der Waals surface area contributed by atoms with Crippen LogP contribution in [0, 0.1) is 0 Å². The molecular formula is C25H25N3O3S. The first-order chi connectivity index (χ1) is 15.6. The van der Waals surface area contributed by atoms with Crippen molar-refractivity contribution in [3.8, 4) is 11.5 Å².